The lowest BCUT2D eigenvalue weighted by molar-refractivity contribution is 0.0871. The van der Waals surface area contributed by atoms with Crippen LogP contribution in [0.2, 0.25) is 0 Å². The Morgan fingerprint density at radius 2 is 1.84 bits per heavy atom. The zero-order valence-corrected chi connectivity index (χ0v) is 11.3. The molecule has 0 aromatic heterocycles. The van der Waals surface area contributed by atoms with E-state index >= 15 is 0 Å². The van der Waals surface area contributed by atoms with Crippen LogP contribution in [-0.2, 0) is 0 Å². The first kappa shape index (κ1) is 14.1. The van der Waals surface area contributed by atoms with Gasteiger partial charge < -0.3 is 14.7 Å². The van der Waals surface area contributed by atoms with E-state index in [1.807, 2.05) is 24.3 Å². The number of alkyl halides is 1. The topological polar surface area (TPSA) is 35.9 Å². The van der Waals surface area contributed by atoms with Gasteiger partial charge in [0.15, 0.2) is 0 Å². The van der Waals surface area contributed by atoms with Gasteiger partial charge in [0.2, 0.25) is 0 Å². The quantitative estimate of drug-likeness (QED) is 0.869. The summed E-state index contributed by atoms with van der Waals surface area (Å²) in [5.41, 5.74) is 1.17. The van der Waals surface area contributed by atoms with Gasteiger partial charge in [-0.15, -0.1) is 0 Å². The fourth-order valence-electron chi connectivity index (χ4n) is 2.33. The molecule has 1 unspecified atom stereocenters. The summed E-state index contributed by atoms with van der Waals surface area (Å²) in [5.74, 6) is 0.855. The Morgan fingerprint density at radius 1 is 1.21 bits per heavy atom. The van der Waals surface area contributed by atoms with Crippen molar-refractivity contribution in [3.05, 3.63) is 24.3 Å². The summed E-state index contributed by atoms with van der Waals surface area (Å²) >= 11 is 0. The minimum absolute atomic E-state index is 0.424. The third-order valence-electron chi connectivity index (χ3n) is 3.46. The lowest BCUT2D eigenvalue weighted by Gasteiger charge is -2.36. The number of aliphatic hydroxyl groups is 1. The maximum absolute atomic E-state index is 12.3. The number of β-amino-alcohol motifs (C(OH)–C–C–N with tert-alkyl or cyclic N) is 1. The van der Waals surface area contributed by atoms with Crippen molar-refractivity contribution in [2.24, 2.45) is 0 Å². The summed E-state index contributed by atoms with van der Waals surface area (Å²) in [7, 11) is 1.66. The van der Waals surface area contributed by atoms with E-state index in [0.29, 0.717) is 6.54 Å². The molecule has 0 aliphatic carbocycles. The van der Waals surface area contributed by atoms with Crippen LogP contribution in [0.4, 0.5) is 10.1 Å². The third kappa shape index (κ3) is 3.81. The Balaban J connectivity index is 1.85. The first-order chi connectivity index (χ1) is 9.22. The van der Waals surface area contributed by atoms with Crippen molar-refractivity contribution in [1.82, 2.24) is 4.90 Å². The number of benzene rings is 1. The van der Waals surface area contributed by atoms with Crippen LogP contribution < -0.4 is 9.64 Å². The number of aliphatic hydroxyl groups excluding tert-OH is 1. The highest BCUT2D eigenvalue weighted by molar-refractivity contribution is 5.49. The van der Waals surface area contributed by atoms with Gasteiger partial charge in [0.1, 0.15) is 12.4 Å². The maximum Gasteiger partial charge on any atom is 0.119 e. The van der Waals surface area contributed by atoms with Gasteiger partial charge in [-0.3, -0.25) is 4.90 Å². The van der Waals surface area contributed by atoms with Gasteiger partial charge in [0, 0.05) is 38.4 Å². The molecule has 1 N–H and O–H groups in total. The second kappa shape index (κ2) is 6.73. The van der Waals surface area contributed by atoms with Crippen LogP contribution in [0.15, 0.2) is 24.3 Å². The molecule has 1 fully saturated rings. The van der Waals surface area contributed by atoms with Crippen LogP contribution in [0.25, 0.3) is 0 Å². The van der Waals surface area contributed by atoms with Gasteiger partial charge in [0.05, 0.1) is 13.2 Å². The fraction of sp³-hybridized carbons (Fsp3) is 0.571. The average Bonchev–Trinajstić information content (AvgIpc) is 2.48. The number of anilines is 1. The predicted octanol–water partition coefficient (Wildman–Crippen LogP) is 1.15. The lowest BCUT2D eigenvalue weighted by Crippen LogP contribution is -2.48. The van der Waals surface area contributed by atoms with Crippen LogP contribution in [0.5, 0.6) is 5.75 Å². The standard InChI is InChI=1S/C14H21FN2O2/c1-19-14-4-2-12(3-5-14)17-8-6-16(7-9-17)11-13(18)10-15/h2-5,13,18H,6-11H2,1H3. The minimum atomic E-state index is -0.854. The highest BCUT2D eigenvalue weighted by Gasteiger charge is 2.19. The Labute approximate surface area is 113 Å². The van der Waals surface area contributed by atoms with Crippen molar-refractivity contribution in [3.63, 3.8) is 0 Å². The molecule has 1 aromatic carbocycles. The fourth-order valence-corrected chi connectivity index (χ4v) is 2.33. The number of rotatable bonds is 5. The smallest absolute Gasteiger partial charge is 0.119 e. The van der Waals surface area contributed by atoms with E-state index in [9.17, 15) is 9.50 Å². The van der Waals surface area contributed by atoms with Gasteiger partial charge >= 0.3 is 0 Å². The first-order valence-corrected chi connectivity index (χ1v) is 6.58. The van der Waals surface area contributed by atoms with Gasteiger partial charge in [-0.25, -0.2) is 4.39 Å². The summed E-state index contributed by atoms with van der Waals surface area (Å²) in [6.07, 6.45) is -0.854. The molecule has 1 aromatic rings. The largest absolute Gasteiger partial charge is 0.497 e. The second-order valence-electron chi connectivity index (χ2n) is 4.79. The van der Waals surface area contributed by atoms with Crippen molar-refractivity contribution < 1.29 is 14.2 Å². The van der Waals surface area contributed by atoms with Crippen molar-refractivity contribution in [2.45, 2.75) is 6.10 Å². The van der Waals surface area contributed by atoms with E-state index in [1.54, 1.807) is 7.11 Å². The van der Waals surface area contributed by atoms with Crippen LogP contribution in [0.3, 0.4) is 0 Å². The molecular formula is C14H21FN2O2. The Morgan fingerprint density at radius 3 is 2.37 bits per heavy atom. The molecule has 106 valence electrons. The highest BCUT2D eigenvalue weighted by atomic mass is 19.1. The normalized spacial score (nSPS) is 18.4. The average molecular weight is 268 g/mol. The van der Waals surface area contributed by atoms with E-state index < -0.39 is 12.8 Å². The summed E-state index contributed by atoms with van der Waals surface area (Å²) in [4.78, 5) is 4.39. The number of halogens is 1. The Kier molecular flexibility index (Phi) is 4.99. The first-order valence-electron chi connectivity index (χ1n) is 6.58. The summed E-state index contributed by atoms with van der Waals surface area (Å²) < 4.78 is 17.4. The third-order valence-corrected chi connectivity index (χ3v) is 3.46. The molecule has 1 saturated heterocycles. The van der Waals surface area contributed by atoms with Gasteiger partial charge in [-0.1, -0.05) is 0 Å². The predicted molar refractivity (Wildman–Crippen MR) is 73.6 cm³/mol. The molecule has 1 heterocycles. The van der Waals surface area contributed by atoms with Crippen LogP contribution in [-0.4, -0.2) is 62.6 Å². The highest BCUT2D eigenvalue weighted by Crippen LogP contribution is 2.20. The number of methoxy groups -OCH3 is 1. The van der Waals surface area contributed by atoms with E-state index in [4.69, 9.17) is 4.74 Å². The molecule has 5 heteroatoms. The molecule has 0 saturated carbocycles. The van der Waals surface area contributed by atoms with Crippen LogP contribution >= 0.6 is 0 Å². The number of hydrogen-bond donors (Lipinski definition) is 1. The molecule has 0 bridgehead atoms. The van der Waals surface area contributed by atoms with E-state index in [1.165, 1.54) is 5.69 Å². The number of nitrogens with zero attached hydrogens (tertiary/aromatic N) is 2. The monoisotopic (exact) mass is 268 g/mol. The molecular weight excluding hydrogens is 247 g/mol. The lowest BCUT2D eigenvalue weighted by atomic mass is 10.2. The summed E-state index contributed by atoms with van der Waals surface area (Å²) in [5, 5.41) is 9.31. The number of piperazine rings is 1. The van der Waals surface area contributed by atoms with Gasteiger partial charge in [-0.05, 0) is 24.3 Å². The van der Waals surface area contributed by atoms with Crippen LogP contribution in [0, 0.1) is 0 Å². The minimum Gasteiger partial charge on any atom is -0.497 e. The molecule has 0 radical (unpaired) electrons. The molecule has 2 rings (SSSR count). The van der Waals surface area contributed by atoms with Crippen molar-refractivity contribution >= 4 is 5.69 Å². The van der Waals surface area contributed by atoms with Crippen molar-refractivity contribution in [2.75, 3.05) is 51.4 Å². The molecule has 0 spiro atoms. The SMILES string of the molecule is COc1ccc(N2CCN(CC(O)CF)CC2)cc1. The van der Waals surface area contributed by atoms with Gasteiger partial charge in [0.25, 0.3) is 0 Å². The zero-order chi connectivity index (χ0) is 13.7. The van der Waals surface area contributed by atoms with E-state index in [0.717, 1.165) is 31.9 Å². The van der Waals surface area contributed by atoms with E-state index in [-0.39, 0.29) is 0 Å². The molecule has 1 aliphatic rings. The van der Waals surface area contributed by atoms with E-state index in [2.05, 4.69) is 9.80 Å². The Hall–Kier alpha value is -1.33. The molecule has 19 heavy (non-hydrogen) atoms. The molecule has 1 aliphatic heterocycles. The van der Waals surface area contributed by atoms with Crippen molar-refractivity contribution in [1.29, 1.82) is 0 Å². The molecule has 4 nitrogen and oxygen atoms in total. The number of ether oxygens (including phenoxy) is 1. The second-order valence-corrected chi connectivity index (χ2v) is 4.79. The van der Waals surface area contributed by atoms with Gasteiger partial charge in [-0.2, -0.15) is 0 Å². The molecule has 0 amide bonds. The Bertz CT molecular complexity index is 378. The maximum atomic E-state index is 12.3. The number of hydrogen-bond acceptors (Lipinski definition) is 4. The van der Waals surface area contributed by atoms with Crippen molar-refractivity contribution in [3.8, 4) is 5.75 Å². The zero-order valence-electron chi connectivity index (χ0n) is 11.3. The summed E-state index contributed by atoms with van der Waals surface area (Å²) in [6, 6.07) is 8.00. The molecule has 1 atom stereocenters. The summed E-state index contributed by atoms with van der Waals surface area (Å²) in [6.45, 7) is 3.24. The van der Waals surface area contributed by atoms with Crippen LogP contribution in [0.1, 0.15) is 0 Å².